The molecule has 64 valence electrons. The zero-order chi connectivity index (χ0) is 9.40. The van der Waals surface area contributed by atoms with Gasteiger partial charge in [0.2, 0.25) is 0 Å². The number of carbonyl (C=O) groups excluding carboxylic acids is 1. The van der Waals surface area contributed by atoms with Crippen molar-refractivity contribution in [2.45, 2.75) is 0 Å². The van der Waals surface area contributed by atoms with Crippen molar-refractivity contribution >= 4 is 12.6 Å². The zero-order valence-corrected chi connectivity index (χ0v) is 6.90. The summed E-state index contributed by atoms with van der Waals surface area (Å²) in [5.74, 6) is -0.277. The number of hydrogen-bond donors (Lipinski definition) is 1. The molecule has 0 aromatic heterocycles. The maximum atomic E-state index is 10.8. The zero-order valence-electron chi connectivity index (χ0n) is 6.90. The Morgan fingerprint density at radius 3 is 2.25 bits per heavy atom. The molecule has 3 heteroatoms. The lowest BCUT2D eigenvalue weighted by molar-refractivity contribution is 0.100. The Balaban J connectivity index is 0.000000561. The number of aliphatic hydroxyl groups excluding tert-OH is 1. The van der Waals surface area contributed by atoms with Crippen LogP contribution in [-0.2, 0) is 0 Å². The van der Waals surface area contributed by atoms with Crippen LogP contribution in [0.3, 0.4) is 0 Å². The van der Waals surface area contributed by atoms with Gasteiger partial charge in [-0.25, -0.2) is 4.99 Å². The standard InChI is InChI=1S/C8H7NO.CH4O/c1-9-8(10)7-5-3-2-4-6-7;1-2/h2-6H,1H2;2H,1H3. The summed E-state index contributed by atoms with van der Waals surface area (Å²) in [7, 11) is 1.00. The van der Waals surface area contributed by atoms with Crippen molar-refractivity contribution < 1.29 is 9.90 Å². The molecule has 0 unspecified atom stereocenters. The molecule has 1 amide bonds. The van der Waals surface area contributed by atoms with Gasteiger partial charge in [0.1, 0.15) is 0 Å². The largest absolute Gasteiger partial charge is 0.400 e. The molecule has 0 fully saturated rings. The fraction of sp³-hybridized carbons (Fsp3) is 0.111. The molecular formula is C9H11NO2. The second-order valence-electron chi connectivity index (χ2n) is 1.83. The van der Waals surface area contributed by atoms with Crippen LogP contribution in [0.15, 0.2) is 35.3 Å². The van der Waals surface area contributed by atoms with Crippen molar-refractivity contribution in [2.75, 3.05) is 7.11 Å². The Labute approximate surface area is 71.4 Å². The van der Waals surface area contributed by atoms with Crippen LogP contribution >= 0.6 is 0 Å². The van der Waals surface area contributed by atoms with E-state index in [1.165, 1.54) is 0 Å². The van der Waals surface area contributed by atoms with Crippen LogP contribution in [-0.4, -0.2) is 24.8 Å². The summed E-state index contributed by atoms with van der Waals surface area (Å²) in [5, 5.41) is 7.00. The highest BCUT2D eigenvalue weighted by Crippen LogP contribution is 1.98. The summed E-state index contributed by atoms with van der Waals surface area (Å²) in [4.78, 5) is 14.1. The number of nitrogens with zero attached hydrogens (tertiary/aromatic N) is 1. The van der Waals surface area contributed by atoms with Crippen molar-refractivity contribution in [3.8, 4) is 0 Å². The van der Waals surface area contributed by atoms with Crippen LogP contribution in [0.25, 0.3) is 0 Å². The van der Waals surface area contributed by atoms with E-state index in [9.17, 15) is 4.79 Å². The third-order valence-corrected chi connectivity index (χ3v) is 1.16. The number of aliphatic hydroxyl groups is 1. The Hall–Kier alpha value is -1.48. The van der Waals surface area contributed by atoms with Crippen LogP contribution in [0.1, 0.15) is 10.4 Å². The summed E-state index contributed by atoms with van der Waals surface area (Å²) >= 11 is 0. The Morgan fingerprint density at radius 2 is 1.83 bits per heavy atom. The second-order valence-corrected chi connectivity index (χ2v) is 1.83. The van der Waals surface area contributed by atoms with Gasteiger partial charge in [-0.3, -0.25) is 4.79 Å². The summed E-state index contributed by atoms with van der Waals surface area (Å²) in [6.07, 6.45) is 0. The number of rotatable bonds is 1. The highest BCUT2D eigenvalue weighted by Gasteiger charge is 1.97. The number of amides is 1. The van der Waals surface area contributed by atoms with Gasteiger partial charge in [0.25, 0.3) is 5.91 Å². The number of aliphatic imine (C=N–C) groups is 1. The molecule has 12 heavy (non-hydrogen) atoms. The molecule has 0 radical (unpaired) electrons. The molecule has 1 rings (SSSR count). The molecular weight excluding hydrogens is 154 g/mol. The van der Waals surface area contributed by atoms with Gasteiger partial charge in [0.05, 0.1) is 0 Å². The lowest BCUT2D eigenvalue weighted by atomic mass is 10.2. The summed E-state index contributed by atoms with van der Waals surface area (Å²) in [6, 6.07) is 8.84. The molecule has 0 atom stereocenters. The monoisotopic (exact) mass is 165 g/mol. The van der Waals surface area contributed by atoms with Gasteiger partial charge in [-0.2, -0.15) is 0 Å². The first kappa shape index (κ1) is 10.5. The minimum atomic E-state index is -0.277. The van der Waals surface area contributed by atoms with Gasteiger partial charge in [-0.05, 0) is 18.9 Å². The van der Waals surface area contributed by atoms with E-state index in [0.717, 1.165) is 7.11 Å². The minimum Gasteiger partial charge on any atom is -0.400 e. The fourth-order valence-corrected chi connectivity index (χ4v) is 0.672. The first-order chi connectivity index (χ1) is 5.84. The van der Waals surface area contributed by atoms with Crippen LogP contribution < -0.4 is 0 Å². The number of carbonyl (C=O) groups is 1. The normalized spacial score (nSPS) is 7.83. The number of benzene rings is 1. The third kappa shape index (κ3) is 3.07. The van der Waals surface area contributed by atoms with Gasteiger partial charge in [-0.15, -0.1) is 0 Å². The molecule has 0 aliphatic rings. The molecule has 3 nitrogen and oxygen atoms in total. The Morgan fingerprint density at radius 1 is 1.33 bits per heavy atom. The maximum absolute atomic E-state index is 10.8. The van der Waals surface area contributed by atoms with E-state index in [1.54, 1.807) is 24.3 Å². The van der Waals surface area contributed by atoms with Gasteiger partial charge < -0.3 is 5.11 Å². The van der Waals surface area contributed by atoms with Gasteiger partial charge in [0, 0.05) is 12.7 Å². The van der Waals surface area contributed by atoms with E-state index in [2.05, 4.69) is 11.7 Å². The average molecular weight is 165 g/mol. The van der Waals surface area contributed by atoms with E-state index >= 15 is 0 Å². The third-order valence-electron chi connectivity index (χ3n) is 1.16. The molecule has 1 N–H and O–H groups in total. The van der Waals surface area contributed by atoms with Crippen molar-refractivity contribution in [3.05, 3.63) is 35.9 Å². The van der Waals surface area contributed by atoms with Crippen molar-refractivity contribution in [3.63, 3.8) is 0 Å². The van der Waals surface area contributed by atoms with Gasteiger partial charge >= 0.3 is 0 Å². The van der Waals surface area contributed by atoms with Crippen LogP contribution in [0.2, 0.25) is 0 Å². The number of hydrogen-bond acceptors (Lipinski definition) is 2. The van der Waals surface area contributed by atoms with Crippen LogP contribution in [0.4, 0.5) is 0 Å². The summed E-state index contributed by atoms with van der Waals surface area (Å²) in [5.41, 5.74) is 0.581. The average Bonchev–Trinajstić information content (AvgIpc) is 2.21. The van der Waals surface area contributed by atoms with Crippen molar-refractivity contribution in [1.29, 1.82) is 0 Å². The summed E-state index contributed by atoms with van der Waals surface area (Å²) < 4.78 is 0. The SMILES string of the molecule is C=NC(=O)c1ccccc1.CO. The highest BCUT2D eigenvalue weighted by atomic mass is 16.2. The highest BCUT2D eigenvalue weighted by molar-refractivity contribution is 5.96. The second kappa shape index (κ2) is 6.24. The molecule has 1 aromatic carbocycles. The van der Waals surface area contributed by atoms with Gasteiger partial charge in [0.15, 0.2) is 0 Å². The van der Waals surface area contributed by atoms with E-state index in [1.807, 2.05) is 6.07 Å². The molecule has 0 saturated heterocycles. The molecule has 0 spiro atoms. The molecule has 0 aliphatic carbocycles. The Kier molecular flexibility index (Phi) is 5.47. The minimum absolute atomic E-state index is 0.277. The maximum Gasteiger partial charge on any atom is 0.276 e. The predicted molar refractivity (Wildman–Crippen MR) is 48.5 cm³/mol. The molecule has 0 saturated carbocycles. The van der Waals surface area contributed by atoms with Crippen LogP contribution in [0, 0.1) is 0 Å². The fourth-order valence-electron chi connectivity index (χ4n) is 0.672. The van der Waals surface area contributed by atoms with Crippen molar-refractivity contribution in [2.24, 2.45) is 4.99 Å². The lowest BCUT2D eigenvalue weighted by Crippen LogP contribution is -1.91. The molecule has 0 heterocycles. The van der Waals surface area contributed by atoms with E-state index in [4.69, 9.17) is 5.11 Å². The molecule has 1 aromatic rings. The topological polar surface area (TPSA) is 49.7 Å². The first-order valence-electron chi connectivity index (χ1n) is 3.35. The van der Waals surface area contributed by atoms with Crippen molar-refractivity contribution in [1.82, 2.24) is 0 Å². The summed E-state index contributed by atoms with van der Waals surface area (Å²) in [6.45, 7) is 3.14. The molecule has 0 aliphatic heterocycles. The quantitative estimate of drug-likeness (QED) is 0.634. The predicted octanol–water partition coefficient (Wildman–Crippen LogP) is 1.14. The lowest BCUT2D eigenvalue weighted by Gasteiger charge is -1.89. The van der Waals surface area contributed by atoms with E-state index < -0.39 is 0 Å². The smallest absolute Gasteiger partial charge is 0.276 e. The molecule has 0 bridgehead atoms. The Bertz CT molecular complexity index is 244. The van der Waals surface area contributed by atoms with Gasteiger partial charge in [-0.1, -0.05) is 18.2 Å². The van der Waals surface area contributed by atoms with E-state index in [-0.39, 0.29) is 5.91 Å². The van der Waals surface area contributed by atoms with Crippen LogP contribution in [0.5, 0.6) is 0 Å². The first-order valence-corrected chi connectivity index (χ1v) is 3.35. The van der Waals surface area contributed by atoms with E-state index in [0.29, 0.717) is 5.56 Å².